The summed E-state index contributed by atoms with van der Waals surface area (Å²) < 4.78 is 17.9. The lowest BCUT2D eigenvalue weighted by atomic mass is 10.1. The standard InChI is InChI=1S/C27H35N5O5/c1-5-35-24(33)12-9-17-36-22-15-13-20(14-16-22)18-23(25(34)37-27(2,3)4)28-26-29-30-31-32(26)19-21-10-7-6-8-11-21/h6-8,10-11,13-16,23H,5,9,12,17-19H2,1-4H3,(H,28,29,31). The molecule has 1 N–H and O–H groups in total. The second-order valence-corrected chi connectivity index (χ2v) is 9.48. The summed E-state index contributed by atoms with van der Waals surface area (Å²) in [6.07, 6.45) is 1.25. The van der Waals surface area contributed by atoms with Crippen molar-refractivity contribution in [1.82, 2.24) is 20.2 Å². The number of carbonyl (C=O) groups excluding carboxylic acids is 2. The van der Waals surface area contributed by atoms with Crippen molar-refractivity contribution in [2.75, 3.05) is 18.5 Å². The van der Waals surface area contributed by atoms with Crippen molar-refractivity contribution < 1.29 is 23.8 Å². The Labute approximate surface area is 217 Å². The lowest BCUT2D eigenvalue weighted by Crippen LogP contribution is -2.38. The van der Waals surface area contributed by atoms with Crippen LogP contribution in [0.15, 0.2) is 54.6 Å². The molecule has 198 valence electrons. The molecule has 1 unspecified atom stereocenters. The molecule has 37 heavy (non-hydrogen) atoms. The van der Waals surface area contributed by atoms with E-state index in [1.807, 2.05) is 75.4 Å². The van der Waals surface area contributed by atoms with Crippen LogP contribution in [0, 0.1) is 0 Å². The van der Waals surface area contributed by atoms with Gasteiger partial charge in [-0.05, 0) is 67.8 Å². The molecule has 10 nitrogen and oxygen atoms in total. The van der Waals surface area contributed by atoms with Gasteiger partial charge in [-0.3, -0.25) is 4.79 Å². The third-order valence-electron chi connectivity index (χ3n) is 5.16. The van der Waals surface area contributed by atoms with Gasteiger partial charge in [0.15, 0.2) is 0 Å². The molecule has 0 aliphatic heterocycles. The zero-order chi connectivity index (χ0) is 26.7. The van der Waals surface area contributed by atoms with Crippen LogP contribution in [0.2, 0.25) is 0 Å². The predicted octanol–water partition coefficient (Wildman–Crippen LogP) is 3.81. The minimum Gasteiger partial charge on any atom is -0.494 e. The third kappa shape index (κ3) is 9.55. The van der Waals surface area contributed by atoms with Crippen LogP contribution < -0.4 is 10.1 Å². The number of aromatic nitrogens is 4. The summed E-state index contributed by atoms with van der Waals surface area (Å²) in [5.41, 5.74) is 1.29. The van der Waals surface area contributed by atoms with Crippen LogP contribution in [0.1, 0.15) is 51.7 Å². The van der Waals surface area contributed by atoms with Crippen LogP contribution in [0.4, 0.5) is 5.95 Å². The molecule has 3 rings (SSSR count). The first kappa shape index (κ1) is 27.6. The quantitative estimate of drug-likeness (QED) is 0.271. The summed E-state index contributed by atoms with van der Waals surface area (Å²) in [4.78, 5) is 24.5. The summed E-state index contributed by atoms with van der Waals surface area (Å²) in [7, 11) is 0. The lowest BCUT2D eigenvalue weighted by molar-refractivity contribution is -0.155. The molecule has 0 aliphatic carbocycles. The fraction of sp³-hybridized carbons (Fsp3) is 0.444. The summed E-state index contributed by atoms with van der Waals surface area (Å²) in [5.74, 6) is 0.431. The van der Waals surface area contributed by atoms with Gasteiger partial charge in [-0.2, -0.15) is 0 Å². The fourth-order valence-corrected chi connectivity index (χ4v) is 3.49. The molecule has 1 aromatic heterocycles. The molecule has 0 saturated carbocycles. The minimum atomic E-state index is -0.712. The summed E-state index contributed by atoms with van der Waals surface area (Å²) in [6, 6.07) is 16.6. The maximum atomic E-state index is 13.1. The fourth-order valence-electron chi connectivity index (χ4n) is 3.49. The molecule has 3 aromatic rings. The highest BCUT2D eigenvalue weighted by Crippen LogP contribution is 2.18. The smallest absolute Gasteiger partial charge is 0.329 e. The summed E-state index contributed by atoms with van der Waals surface area (Å²) >= 11 is 0. The maximum absolute atomic E-state index is 13.1. The van der Waals surface area contributed by atoms with Crippen molar-refractivity contribution in [1.29, 1.82) is 0 Å². The molecule has 1 heterocycles. The molecule has 2 aromatic carbocycles. The monoisotopic (exact) mass is 509 g/mol. The number of nitrogens with one attached hydrogen (secondary N) is 1. The molecule has 0 radical (unpaired) electrons. The zero-order valence-corrected chi connectivity index (χ0v) is 21.8. The van der Waals surface area contributed by atoms with Crippen LogP contribution in [0.5, 0.6) is 5.75 Å². The number of anilines is 1. The van der Waals surface area contributed by atoms with Crippen LogP contribution >= 0.6 is 0 Å². The Hall–Kier alpha value is -3.95. The van der Waals surface area contributed by atoms with Crippen molar-refractivity contribution in [3.05, 3.63) is 65.7 Å². The second-order valence-electron chi connectivity index (χ2n) is 9.48. The maximum Gasteiger partial charge on any atom is 0.329 e. The SMILES string of the molecule is CCOC(=O)CCCOc1ccc(CC(Nc2nnnn2Cc2ccccc2)C(=O)OC(C)(C)C)cc1. The van der Waals surface area contributed by atoms with Crippen molar-refractivity contribution in [2.24, 2.45) is 0 Å². The van der Waals surface area contributed by atoms with E-state index in [9.17, 15) is 9.59 Å². The molecule has 0 spiro atoms. The van der Waals surface area contributed by atoms with E-state index < -0.39 is 17.6 Å². The topological polar surface area (TPSA) is 117 Å². The predicted molar refractivity (Wildman–Crippen MR) is 138 cm³/mol. The van der Waals surface area contributed by atoms with E-state index in [2.05, 4.69) is 20.8 Å². The van der Waals surface area contributed by atoms with Crippen LogP contribution in [0.25, 0.3) is 0 Å². The first-order chi connectivity index (χ1) is 17.7. The van der Waals surface area contributed by atoms with Gasteiger partial charge in [0.05, 0.1) is 19.8 Å². The number of hydrogen-bond acceptors (Lipinski definition) is 9. The highest BCUT2D eigenvalue weighted by atomic mass is 16.6. The van der Waals surface area contributed by atoms with Crippen molar-refractivity contribution in [2.45, 2.75) is 65.1 Å². The Bertz CT molecular complexity index is 1130. The molecule has 0 bridgehead atoms. The molecule has 0 amide bonds. The Morgan fingerprint density at radius 2 is 1.76 bits per heavy atom. The van der Waals surface area contributed by atoms with Gasteiger partial charge in [0.1, 0.15) is 17.4 Å². The van der Waals surface area contributed by atoms with Crippen LogP contribution in [-0.4, -0.2) is 57.0 Å². The van der Waals surface area contributed by atoms with E-state index in [-0.39, 0.29) is 5.97 Å². The van der Waals surface area contributed by atoms with E-state index in [4.69, 9.17) is 14.2 Å². The molecule has 10 heteroatoms. The molecule has 0 aliphatic rings. The van der Waals surface area contributed by atoms with Crippen molar-refractivity contribution >= 4 is 17.9 Å². The number of benzene rings is 2. The van der Waals surface area contributed by atoms with Crippen molar-refractivity contribution in [3.8, 4) is 5.75 Å². The normalized spacial score (nSPS) is 12.0. The highest BCUT2D eigenvalue weighted by molar-refractivity contribution is 5.79. The van der Waals surface area contributed by atoms with Gasteiger partial charge < -0.3 is 19.5 Å². The Kier molecular flexibility index (Phi) is 10.00. The zero-order valence-electron chi connectivity index (χ0n) is 21.8. The molecule has 0 saturated heterocycles. The minimum absolute atomic E-state index is 0.225. The first-order valence-electron chi connectivity index (χ1n) is 12.4. The second kappa shape index (κ2) is 13.4. The average molecular weight is 510 g/mol. The summed E-state index contributed by atoms with van der Waals surface area (Å²) in [5, 5.41) is 15.1. The number of tetrazole rings is 1. The van der Waals surface area contributed by atoms with E-state index in [1.54, 1.807) is 11.6 Å². The lowest BCUT2D eigenvalue weighted by Gasteiger charge is -2.25. The van der Waals surface area contributed by atoms with Gasteiger partial charge in [-0.1, -0.05) is 47.6 Å². The average Bonchev–Trinajstić information content (AvgIpc) is 3.28. The molecular formula is C27H35N5O5. The molecule has 1 atom stereocenters. The van der Waals surface area contributed by atoms with E-state index in [0.717, 1.165) is 11.1 Å². The number of hydrogen-bond donors (Lipinski definition) is 1. The highest BCUT2D eigenvalue weighted by Gasteiger charge is 2.27. The number of rotatable bonds is 13. The third-order valence-corrected chi connectivity index (χ3v) is 5.16. The number of carbonyl (C=O) groups is 2. The van der Waals surface area contributed by atoms with Gasteiger partial charge in [0, 0.05) is 12.8 Å². The summed E-state index contributed by atoms with van der Waals surface area (Å²) in [6.45, 7) is 8.51. The Morgan fingerprint density at radius 1 is 1.03 bits per heavy atom. The number of ether oxygens (including phenoxy) is 3. The van der Waals surface area contributed by atoms with E-state index in [1.165, 1.54) is 0 Å². The van der Waals surface area contributed by atoms with Gasteiger partial charge in [0.25, 0.3) is 0 Å². The van der Waals surface area contributed by atoms with Crippen molar-refractivity contribution in [3.63, 3.8) is 0 Å². The van der Waals surface area contributed by atoms with E-state index in [0.29, 0.717) is 50.7 Å². The van der Waals surface area contributed by atoms with Gasteiger partial charge in [-0.15, -0.1) is 0 Å². The first-order valence-corrected chi connectivity index (χ1v) is 12.4. The largest absolute Gasteiger partial charge is 0.494 e. The number of esters is 2. The molecular weight excluding hydrogens is 474 g/mol. The van der Waals surface area contributed by atoms with Gasteiger partial charge >= 0.3 is 11.9 Å². The van der Waals surface area contributed by atoms with Crippen LogP contribution in [0.3, 0.4) is 0 Å². The van der Waals surface area contributed by atoms with Gasteiger partial charge in [0.2, 0.25) is 5.95 Å². The number of nitrogens with zero attached hydrogens (tertiary/aromatic N) is 4. The Balaban J connectivity index is 1.65. The van der Waals surface area contributed by atoms with Gasteiger partial charge in [-0.25, -0.2) is 9.48 Å². The van der Waals surface area contributed by atoms with E-state index >= 15 is 0 Å². The van der Waals surface area contributed by atoms with Crippen LogP contribution in [-0.2, 0) is 32.0 Å². The molecule has 0 fully saturated rings. The Morgan fingerprint density at radius 3 is 2.43 bits per heavy atom.